The Morgan fingerprint density at radius 3 is 2.40 bits per heavy atom. The zero-order chi connectivity index (χ0) is 14.0. The van der Waals surface area contributed by atoms with Gasteiger partial charge in [-0.1, -0.05) is 51.1 Å². The van der Waals surface area contributed by atoms with E-state index in [0.29, 0.717) is 10.8 Å². The maximum atomic E-state index is 4.03. The van der Waals surface area contributed by atoms with Crippen LogP contribution < -0.4 is 5.32 Å². The Morgan fingerprint density at radius 1 is 1.05 bits per heavy atom. The van der Waals surface area contributed by atoms with Crippen molar-refractivity contribution < 1.29 is 0 Å². The molecule has 0 radical (unpaired) electrons. The fourth-order valence-corrected chi connectivity index (χ4v) is 5.16. The van der Waals surface area contributed by atoms with Crippen molar-refractivity contribution in [1.29, 1.82) is 0 Å². The highest BCUT2D eigenvalue weighted by molar-refractivity contribution is 5.28. The van der Waals surface area contributed by atoms with E-state index in [9.17, 15) is 0 Å². The minimum atomic E-state index is 0.515. The SMILES string of the molecule is CC1(C)C2CCC1(C)C(NC1CC1c1ccccc1)C2. The second-order valence-corrected chi connectivity index (χ2v) is 8.19. The summed E-state index contributed by atoms with van der Waals surface area (Å²) >= 11 is 0. The summed E-state index contributed by atoms with van der Waals surface area (Å²) in [4.78, 5) is 0. The standard InChI is InChI=1S/C19H27N/c1-18(2)14-9-10-19(18,3)17(11-14)20-16-12-15(16)13-7-5-4-6-8-13/h4-8,14-17,20H,9-12H2,1-3H3. The molecule has 0 saturated heterocycles. The minimum absolute atomic E-state index is 0.515. The summed E-state index contributed by atoms with van der Waals surface area (Å²) in [5, 5.41) is 4.03. The van der Waals surface area contributed by atoms with Gasteiger partial charge in [-0.25, -0.2) is 0 Å². The molecule has 3 aliphatic rings. The Hall–Kier alpha value is -0.820. The predicted octanol–water partition coefficient (Wildman–Crippen LogP) is 4.35. The van der Waals surface area contributed by atoms with Crippen molar-refractivity contribution in [2.75, 3.05) is 0 Å². The first-order valence-electron chi connectivity index (χ1n) is 8.33. The zero-order valence-corrected chi connectivity index (χ0v) is 13.0. The van der Waals surface area contributed by atoms with E-state index in [1.807, 2.05) is 0 Å². The Kier molecular flexibility index (Phi) is 2.64. The summed E-state index contributed by atoms with van der Waals surface area (Å²) in [6, 6.07) is 12.5. The fraction of sp³-hybridized carbons (Fsp3) is 0.684. The van der Waals surface area contributed by atoms with E-state index in [1.165, 1.54) is 31.2 Å². The summed E-state index contributed by atoms with van der Waals surface area (Å²) in [5.41, 5.74) is 2.57. The molecule has 20 heavy (non-hydrogen) atoms. The summed E-state index contributed by atoms with van der Waals surface area (Å²) in [5.74, 6) is 1.71. The van der Waals surface area contributed by atoms with Crippen LogP contribution in [0.2, 0.25) is 0 Å². The molecule has 1 aromatic rings. The van der Waals surface area contributed by atoms with Gasteiger partial charge in [0, 0.05) is 18.0 Å². The lowest BCUT2D eigenvalue weighted by Crippen LogP contribution is -2.45. The third-order valence-electron chi connectivity index (χ3n) is 7.23. The smallest absolute Gasteiger partial charge is 0.0146 e. The van der Waals surface area contributed by atoms with E-state index in [1.54, 1.807) is 0 Å². The lowest BCUT2D eigenvalue weighted by molar-refractivity contribution is 0.120. The van der Waals surface area contributed by atoms with E-state index >= 15 is 0 Å². The molecule has 108 valence electrons. The third-order valence-corrected chi connectivity index (χ3v) is 7.23. The molecule has 3 saturated carbocycles. The van der Waals surface area contributed by atoms with Crippen LogP contribution in [0.5, 0.6) is 0 Å². The second kappa shape index (κ2) is 4.10. The van der Waals surface area contributed by atoms with Gasteiger partial charge < -0.3 is 5.32 Å². The summed E-state index contributed by atoms with van der Waals surface area (Å²) < 4.78 is 0. The van der Waals surface area contributed by atoms with E-state index in [4.69, 9.17) is 0 Å². The second-order valence-electron chi connectivity index (χ2n) is 8.19. The van der Waals surface area contributed by atoms with Crippen LogP contribution in [0.25, 0.3) is 0 Å². The van der Waals surface area contributed by atoms with Gasteiger partial charge in [0.05, 0.1) is 0 Å². The van der Waals surface area contributed by atoms with Crippen LogP contribution in [0.3, 0.4) is 0 Å². The molecule has 5 unspecified atom stereocenters. The molecule has 1 heteroatoms. The van der Waals surface area contributed by atoms with Gasteiger partial charge in [-0.2, -0.15) is 0 Å². The van der Waals surface area contributed by atoms with Gasteiger partial charge in [-0.15, -0.1) is 0 Å². The van der Waals surface area contributed by atoms with Crippen LogP contribution in [-0.2, 0) is 0 Å². The molecule has 1 aromatic carbocycles. The van der Waals surface area contributed by atoms with E-state index in [2.05, 4.69) is 56.4 Å². The van der Waals surface area contributed by atoms with E-state index in [0.717, 1.165) is 23.9 Å². The maximum absolute atomic E-state index is 4.03. The van der Waals surface area contributed by atoms with Gasteiger partial charge in [0.15, 0.2) is 0 Å². The highest BCUT2D eigenvalue weighted by atomic mass is 15.0. The number of rotatable bonds is 3. The van der Waals surface area contributed by atoms with Gasteiger partial charge in [0.1, 0.15) is 0 Å². The van der Waals surface area contributed by atoms with E-state index < -0.39 is 0 Å². The van der Waals surface area contributed by atoms with Crippen LogP contribution in [0.4, 0.5) is 0 Å². The molecule has 2 bridgehead atoms. The van der Waals surface area contributed by atoms with Crippen molar-refractivity contribution in [3.63, 3.8) is 0 Å². The lowest BCUT2D eigenvalue weighted by atomic mass is 9.69. The molecule has 3 aliphatic carbocycles. The van der Waals surface area contributed by atoms with Crippen LogP contribution in [-0.4, -0.2) is 12.1 Å². The van der Waals surface area contributed by atoms with Gasteiger partial charge in [0.2, 0.25) is 0 Å². The Morgan fingerprint density at radius 2 is 1.80 bits per heavy atom. The van der Waals surface area contributed by atoms with Crippen molar-refractivity contribution in [1.82, 2.24) is 5.32 Å². The number of hydrogen-bond acceptors (Lipinski definition) is 1. The van der Waals surface area contributed by atoms with Crippen molar-refractivity contribution in [3.8, 4) is 0 Å². The molecule has 0 amide bonds. The largest absolute Gasteiger partial charge is 0.310 e. The topological polar surface area (TPSA) is 12.0 Å². The lowest BCUT2D eigenvalue weighted by Gasteiger charge is -2.39. The molecule has 1 N–H and O–H groups in total. The monoisotopic (exact) mass is 269 g/mol. The number of benzene rings is 1. The molecule has 1 nitrogen and oxygen atoms in total. The Balaban J connectivity index is 1.45. The fourth-order valence-electron chi connectivity index (χ4n) is 5.16. The van der Waals surface area contributed by atoms with Crippen molar-refractivity contribution in [2.45, 2.75) is 64.5 Å². The normalized spacial score (nSPS) is 44.8. The van der Waals surface area contributed by atoms with Crippen LogP contribution in [0.15, 0.2) is 30.3 Å². The molecule has 0 aliphatic heterocycles. The Labute approximate surface area is 123 Å². The highest BCUT2D eigenvalue weighted by Crippen LogP contribution is 2.65. The van der Waals surface area contributed by atoms with Crippen LogP contribution in [0, 0.1) is 16.7 Å². The number of fused-ring (bicyclic) bond motifs is 2. The molecule has 0 heterocycles. The summed E-state index contributed by atoms with van der Waals surface area (Å²) in [6.45, 7) is 7.55. The van der Waals surface area contributed by atoms with Gasteiger partial charge in [0.25, 0.3) is 0 Å². The maximum Gasteiger partial charge on any atom is 0.0146 e. The zero-order valence-electron chi connectivity index (χ0n) is 13.0. The third kappa shape index (κ3) is 1.65. The Bertz CT molecular complexity index is 506. The summed E-state index contributed by atoms with van der Waals surface area (Å²) in [6.07, 6.45) is 5.61. The highest BCUT2D eigenvalue weighted by Gasteiger charge is 2.62. The predicted molar refractivity (Wildman–Crippen MR) is 83.7 cm³/mol. The minimum Gasteiger partial charge on any atom is -0.310 e. The molecule has 5 atom stereocenters. The molecule has 4 rings (SSSR count). The van der Waals surface area contributed by atoms with E-state index in [-0.39, 0.29) is 0 Å². The van der Waals surface area contributed by atoms with Crippen molar-refractivity contribution in [2.24, 2.45) is 16.7 Å². The van der Waals surface area contributed by atoms with Crippen LogP contribution in [0.1, 0.15) is 57.9 Å². The first kappa shape index (κ1) is 12.9. The number of hydrogen-bond donors (Lipinski definition) is 1. The van der Waals surface area contributed by atoms with Crippen LogP contribution >= 0.6 is 0 Å². The van der Waals surface area contributed by atoms with Gasteiger partial charge in [-0.05, 0) is 48.0 Å². The first-order valence-corrected chi connectivity index (χ1v) is 8.33. The first-order chi connectivity index (χ1) is 9.52. The molecule has 3 fully saturated rings. The van der Waals surface area contributed by atoms with Gasteiger partial charge >= 0.3 is 0 Å². The average Bonchev–Trinajstić information content (AvgIpc) is 3.13. The molecular formula is C19H27N. The molecule has 0 aromatic heterocycles. The molecular weight excluding hydrogens is 242 g/mol. The molecule has 0 spiro atoms. The average molecular weight is 269 g/mol. The van der Waals surface area contributed by atoms with Gasteiger partial charge in [-0.3, -0.25) is 0 Å². The quantitative estimate of drug-likeness (QED) is 0.860. The summed E-state index contributed by atoms with van der Waals surface area (Å²) in [7, 11) is 0. The van der Waals surface area contributed by atoms with Crippen molar-refractivity contribution in [3.05, 3.63) is 35.9 Å². The van der Waals surface area contributed by atoms with Crippen molar-refractivity contribution >= 4 is 0 Å². The number of nitrogens with one attached hydrogen (secondary N) is 1.